The summed E-state index contributed by atoms with van der Waals surface area (Å²) in [5.41, 5.74) is 1.14. The molecule has 2 aliphatic rings. The number of likely N-dealkylation sites (N-methyl/N-ethyl adjacent to an activating group) is 1. The summed E-state index contributed by atoms with van der Waals surface area (Å²) < 4.78 is 45.0. The Morgan fingerprint density at radius 3 is 2.51 bits per heavy atom. The van der Waals surface area contributed by atoms with E-state index in [1.165, 1.54) is 6.07 Å². The second-order valence-electron chi connectivity index (χ2n) is 10.5. The first-order valence-corrected chi connectivity index (χ1v) is 13.0. The topological polar surface area (TPSA) is 85.4 Å². The van der Waals surface area contributed by atoms with E-state index in [0.717, 1.165) is 54.2 Å². The molecule has 0 spiro atoms. The Hall–Kier alpha value is -3.84. The van der Waals surface area contributed by atoms with Crippen molar-refractivity contribution >= 4 is 11.6 Å². The fourth-order valence-electron chi connectivity index (χ4n) is 5.72. The average Bonchev–Trinajstić information content (AvgIpc) is 3.55. The van der Waals surface area contributed by atoms with Crippen molar-refractivity contribution in [2.75, 3.05) is 38.1 Å². The predicted octanol–water partition coefficient (Wildman–Crippen LogP) is 4.90. The minimum atomic E-state index is -4.53. The maximum absolute atomic E-state index is 13.9. The fraction of sp³-hybridized carbons (Fsp3) is 0.414. The normalized spacial score (nSPS) is 19.6. The Morgan fingerprint density at radius 2 is 1.95 bits per heavy atom. The molecule has 2 aliphatic heterocycles. The van der Waals surface area contributed by atoms with Crippen molar-refractivity contribution in [3.8, 4) is 17.3 Å². The third-order valence-corrected chi connectivity index (χ3v) is 8.01. The van der Waals surface area contributed by atoms with Crippen molar-refractivity contribution in [2.45, 2.75) is 43.8 Å². The molecule has 0 aliphatic carbocycles. The maximum atomic E-state index is 13.9. The number of rotatable bonds is 5. The molecule has 1 N–H and O–H groups in total. The summed E-state index contributed by atoms with van der Waals surface area (Å²) in [5, 5.41) is 12.8. The van der Waals surface area contributed by atoms with Gasteiger partial charge in [-0.1, -0.05) is 6.07 Å². The lowest BCUT2D eigenvalue weighted by molar-refractivity contribution is -0.137. The number of benzene rings is 1. The van der Waals surface area contributed by atoms with Gasteiger partial charge in [0.05, 0.1) is 34.2 Å². The van der Waals surface area contributed by atoms with Gasteiger partial charge in [0, 0.05) is 37.4 Å². The van der Waals surface area contributed by atoms with Crippen LogP contribution in [0.25, 0.3) is 11.3 Å². The monoisotopic (exact) mass is 537 g/mol. The Bertz CT molecular complexity index is 1390. The van der Waals surface area contributed by atoms with Crippen molar-refractivity contribution in [3.63, 3.8) is 0 Å². The number of carbonyl (C=O) groups is 1. The van der Waals surface area contributed by atoms with Gasteiger partial charge in [-0.05, 0) is 75.7 Å². The highest BCUT2D eigenvalue weighted by molar-refractivity contribution is 5.89. The van der Waals surface area contributed by atoms with Crippen LogP contribution in [0.5, 0.6) is 0 Å². The van der Waals surface area contributed by atoms with Gasteiger partial charge in [-0.25, -0.2) is 0 Å². The first kappa shape index (κ1) is 26.8. The highest BCUT2D eigenvalue weighted by Gasteiger charge is 2.44. The minimum Gasteiger partial charge on any atom is -0.469 e. The first-order chi connectivity index (χ1) is 18.6. The number of pyridine rings is 1. The first-order valence-electron chi connectivity index (χ1n) is 13.0. The molecule has 1 aromatic carbocycles. The van der Waals surface area contributed by atoms with E-state index in [-0.39, 0.29) is 17.5 Å². The third kappa shape index (κ3) is 5.23. The number of aryl methyl sites for hydroxylation is 1. The van der Waals surface area contributed by atoms with Gasteiger partial charge in [-0.15, -0.1) is 0 Å². The van der Waals surface area contributed by atoms with Crippen LogP contribution < -0.4 is 10.2 Å². The second kappa shape index (κ2) is 10.4. The molecule has 4 heterocycles. The number of aromatic nitrogens is 1. The van der Waals surface area contributed by atoms with Crippen molar-refractivity contribution in [3.05, 3.63) is 71.3 Å². The maximum Gasteiger partial charge on any atom is 0.416 e. The lowest BCUT2D eigenvalue weighted by Crippen LogP contribution is -2.54. The van der Waals surface area contributed by atoms with Crippen molar-refractivity contribution in [2.24, 2.45) is 0 Å². The van der Waals surface area contributed by atoms with Crippen LogP contribution in [0, 0.1) is 18.3 Å². The van der Waals surface area contributed by atoms with Crippen LogP contribution in [0.3, 0.4) is 0 Å². The van der Waals surface area contributed by atoms with Gasteiger partial charge in [0.15, 0.2) is 0 Å². The number of nitriles is 1. The van der Waals surface area contributed by atoms with Gasteiger partial charge in [0.1, 0.15) is 11.8 Å². The zero-order chi connectivity index (χ0) is 27.8. The van der Waals surface area contributed by atoms with Crippen LogP contribution in [0.4, 0.5) is 18.9 Å². The molecule has 39 heavy (non-hydrogen) atoms. The molecule has 2 aromatic heterocycles. The number of hydrogen-bond acceptors (Lipinski definition) is 6. The van der Waals surface area contributed by atoms with Gasteiger partial charge in [-0.3, -0.25) is 9.78 Å². The van der Waals surface area contributed by atoms with Crippen molar-refractivity contribution < 1.29 is 22.4 Å². The Kier molecular flexibility index (Phi) is 7.12. The summed E-state index contributed by atoms with van der Waals surface area (Å²) in [4.78, 5) is 22.6. The molecule has 0 unspecified atom stereocenters. The lowest BCUT2D eigenvalue weighted by Gasteiger charge is -2.42. The Morgan fingerprint density at radius 1 is 1.18 bits per heavy atom. The molecule has 1 atom stereocenters. The lowest BCUT2D eigenvalue weighted by atomic mass is 9.72. The largest absolute Gasteiger partial charge is 0.469 e. The molecule has 1 amide bonds. The second-order valence-corrected chi connectivity index (χ2v) is 10.5. The fourth-order valence-corrected chi connectivity index (χ4v) is 5.72. The van der Waals surface area contributed by atoms with E-state index in [1.807, 2.05) is 43.1 Å². The number of amides is 1. The molecular weight excluding hydrogens is 507 g/mol. The molecule has 5 rings (SSSR count). The summed E-state index contributed by atoms with van der Waals surface area (Å²) in [6.07, 6.45) is 0.565. The van der Waals surface area contributed by atoms with Crippen molar-refractivity contribution in [1.29, 1.82) is 5.26 Å². The molecule has 204 valence electrons. The van der Waals surface area contributed by atoms with Gasteiger partial charge in [0.25, 0.3) is 0 Å². The van der Waals surface area contributed by atoms with E-state index in [2.05, 4.69) is 15.2 Å². The van der Waals surface area contributed by atoms with Crippen LogP contribution in [0.15, 0.2) is 53.3 Å². The molecule has 3 aromatic rings. The van der Waals surface area contributed by atoms with E-state index < -0.39 is 17.2 Å². The van der Waals surface area contributed by atoms with E-state index in [0.29, 0.717) is 31.6 Å². The quantitative estimate of drug-likeness (QED) is 0.499. The highest BCUT2D eigenvalue weighted by Crippen LogP contribution is 2.40. The highest BCUT2D eigenvalue weighted by atomic mass is 19.4. The van der Waals surface area contributed by atoms with Crippen LogP contribution in [0.2, 0.25) is 0 Å². The minimum absolute atomic E-state index is 0.0303. The van der Waals surface area contributed by atoms with Crippen LogP contribution >= 0.6 is 0 Å². The number of hydrogen-bond donors (Lipinski definition) is 1. The number of alkyl halides is 3. The SMILES string of the molecule is Cc1occc1-c1ccc(C2(C(=O)N[C@H]3CCN(C)C3)CCN(c3ccc(C(F)(F)F)cc3C#N)CC2)cn1. The molecule has 2 saturated heterocycles. The summed E-state index contributed by atoms with van der Waals surface area (Å²) >= 11 is 0. The predicted molar refractivity (Wildman–Crippen MR) is 140 cm³/mol. The van der Waals surface area contributed by atoms with Gasteiger partial charge in [-0.2, -0.15) is 18.4 Å². The number of halogens is 3. The Balaban J connectivity index is 1.43. The summed E-state index contributed by atoms with van der Waals surface area (Å²) in [6.45, 7) is 4.37. The third-order valence-electron chi connectivity index (χ3n) is 8.01. The number of nitrogens with one attached hydrogen (secondary N) is 1. The number of nitrogens with zero attached hydrogens (tertiary/aromatic N) is 4. The average molecular weight is 538 g/mol. The van der Waals surface area contributed by atoms with E-state index in [4.69, 9.17) is 4.42 Å². The summed E-state index contributed by atoms with van der Waals surface area (Å²) in [6, 6.07) is 10.9. The van der Waals surface area contributed by atoms with E-state index in [1.54, 1.807) is 12.5 Å². The molecule has 10 heteroatoms. The molecule has 0 saturated carbocycles. The van der Waals surface area contributed by atoms with Crippen LogP contribution in [-0.2, 0) is 16.4 Å². The standard InChI is InChI=1S/C29H30F3N5O2/c1-19-24(8-14-39-19)25-5-3-22(17-34-25)28(27(38)35-23-7-11-36(2)18-23)9-12-37(13-10-28)26-6-4-21(29(30,31)32)15-20(26)16-33/h3-6,8,14-15,17,23H,7,9-13,18H2,1-2H3,(H,35,38)/t23-/m0/s1. The molecule has 0 radical (unpaired) electrons. The van der Waals surface area contributed by atoms with Crippen LogP contribution in [0.1, 0.15) is 41.7 Å². The zero-order valence-electron chi connectivity index (χ0n) is 21.9. The van der Waals surface area contributed by atoms with Gasteiger partial charge in [0.2, 0.25) is 5.91 Å². The summed E-state index contributed by atoms with van der Waals surface area (Å²) in [5.74, 6) is 0.690. The number of piperidine rings is 1. The van der Waals surface area contributed by atoms with E-state index in [9.17, 15) is 23.2 Å². The molecule has 7 nitrogen and oxygen atoms in total. The Labute approximate surface area is 225 Å². The number of carbonyl (C=O) groups excluding carboxylic acids is 1. The molecular formula is C29H30F3N5O2. The number of anilines is 1. The molecule has 0 bridgehead atoms. The van der Waals surface area contributed by atoms with E-state index >= 15 is 0 Å². The van der Waals surface area contributed by atoms with Gasteiger partial charge >= 0.3 is 6.18 Å². The molecule has 2 fully saturated rings. The van der Waals surface area contributed by atoms with Gasteiger partial charge < -0.3 is 19.5 Å². The van der Waals surface area contributed by atoms with Crippen molar-refractivity contribution in [1.82, 2.24) is 15.2 Å². The number of likely N-dealkylation sites (tertiary alicyclic amines) is 1. The smallest absolute Gasteiger partial charge is 0.416 e. The zero-order valence-corrected chi connectivity index (χ0v) is 21.9. The number of furan rings is 1. The van der Waals surface area contributed by atoms with Crippen LogP contribution in [-0.4, -0.2) is 55.1 Å². The summed E-state index contributed by atoms with van der Waals surface area (Å²) in [7, 11) is 2.03.